The van der Waals surface area contributed by atoms with E-state index in [1.165, 1.54) is 0 Å². The quantitative estimate of drug-likeness (QED) is 0.812. The van der Waals surface area contributed by atoms with Gasteiger partial charge in [-0.05, 0) is 37.5 Å². The van der Waals surface area contributed by atoms with Crippen molar-refractivity contribution in [3.05, 3.63) is 23.8 Å². The fraction of sp³-hybridized carbons (Fsp3) is 0.571. The summed E-state index contributed by atoms with van der Waals surface area (Å²) >= 11 is 0. The van der Waals surface area contributed by atoms with Gasteiger partial charge in [-0.25, -0.2) is 0 Å². The molecule has 4 nitrogen and oxygen atoms in total. The van der Waals surface area contributed by atoms with Crippen molar-refractivity contribution in [2.24, 2.45) is 0 Å². The number of rotatable bonds is 6. The van der Waals surface area contributed by atoms with Gasteiger partial charge in [0.2, 0.25) is 6.79 Å². The molecule has 0 aromatic heterocycles. The molecule has 0 fully saturated rings. The highest BCUT2D eigenvalue weighted by atomic mass is 16.7. The first-order chi connectivity index (χ1) is 8.67. The van der Waals surface area contributed by atoms with Gasteiger partial charge in [-0.1, -0.05) is 13.0 Å². The molecule has 0 saturated carbocycles. The second-order valence-electron chi connectivity index (χ2n) is 4.93. The lowest BCUT2D eigenvalue weighted by molar-refractivity contribution is 0.174. The van der Waals surface area contributed by atoms with Crippen LogP contribution in [0, 0.1) is 0 Å². The number of nitrogens with one attached hydrogen (secondary N) is 1. The van der Waals surface area contributed by atoms with Crippen molar-refractivity contribution in [1.82, 2.24) is 5.32 Å². The number of fused-ring (bicyclic) bond motifs is 1. The van der Waals surface area contributed by atoms with E-state index in [4.69, 9.17) is 14.6 Å². The van der Waals surface area contributed by atoms with Crippen LogP contribution in [0.5, 0.6) is 11.5 Å². The molecular formula is C14H21NO3. The Hall–Kier alpha value is -1.26. The molecule has 1 heterocycles. The van der Waals surface area contributed by atoms with Gasteiger partial charge in [-0.15, -0.1) is 0 Å². The van der Waals surface area contributed by atoms with Crippen LogP contribution in [0.25, 0.3) is 0 Å². The minimum absolute atomic E-state index is 0.0227. The molecule has 0 saturated heterocycles. The summed E-state index contributed by atoms with van der Waals surface area (Å²) in [6.07, 6.45) is 1.74. The minimum Gasteiger partial charge on any atom is -0.454 e. The van der Waals surface area contributed by atoms with Gasteiger partial charge < -0.3 is 19.9 Å². The molecule has 1 unspecified atom stereocenters. The Morgan fingerprint density at radius 2 is 2.11 bits per heavy atom. The first-order valence-corrected chi connectivity index (χ1v) is 6.41. The lowest BCUT2D eigenvalue weighted by Gasteiger charge is -2.29. The summed E-state index contributed by atoms with van der Waals surface area (Å²) in [5, 5.41) is 12.6. The number of aliphatic hydroxyl groups excluding tert-OH is 1. The molecule has 2 rings (SSSR count). The van der Waals surface area contributed by atoms with E-state index in [1.54, 1.807) is 0 Å². The van der Waals surface area contributed by atoms with Crippen LogP contribution in [-0.4, -0.2) is 24.0 Å². The largest absolute Gasteiger partial charge is 0.454 e. The lowest BCUT2D eigenvalue weighted by Crippen LogP contribution is -2.42. The standard InChI is InChI=1S/C14H21NO3/c1-3-14(2,6-7-16)15-9-11-4-5-12-13(8-11)18-10-17-12/h4-5,8,15-16H,3,6-7,9-10H2,1-2H3. The van der Waals surface area contributed by atoms with Crippen molar-refractivity contribution in [1.29, 1.82) is 0 Å². The number of benzene rings is 1. The molecule has 1 aliphatic rings. The molecule has 1 aromatic carbocycles. The molecule has 4 heteroatoms. The van der Waals surface area contributed by atoms with E-state index >= 15 is 0 Å². The summed E-state index contributed by atoms with van der Waals surface area (Å²) in [5.41, 5.74) is 1.14. The van der Waals surface area contributed by atoms with E-state index in [1.807, 2.05) is 18.2 Å². The average Bonchev–Trinajstić information content (AvgIpc) is 2.84. The van der Waals surface area contributed by atoms with Crippen LogP contribution in [-0.2, 0) is 6.54 Å². The molecule has 1 aromatic rings. The first kappa shape index (κ1) is 13.2. The van der Waals surface area contributed by atoms with Crippen molar-refractivity contribution in [2.45, 2.75) is 38.8 Å². The average molecular weight is 251 g/mol. The van der Waals surface area contributed by atoms with Gasteiger partial charge in [0.15, 0.2) is 11.5 Å². The van der Waals surface area contributed by atoms with Crippen LogP contribution in [0.4, 0.5) is 0 Å². The Kier molecular flexibility index (Phi) is 4.09. The van der Waals surface area contributed by atoms with E-state index < -0.39 is 0 Å². The maximum atomic E-state index is 9.08. The zero-order valence-electron chi connectivity index (χ0n) is 11.0. The van der Waals surface area contributed by atoms with Gasteiger partial charge in [0.05, 0.1) is 0 Å². The van der Waals surface area contributed by atoms with E-state index in [9.17, 15) is 0 Å². The fourth-order valence-electron chi connectivity index (χ4n) is 2.00. The Morgan fingerprint density at radius 3 is 2.83 bits per heavy atom. The zero-order valence-corrected chi connectivity index (χ0v) is 11.0. The SMILES string of the molecule is CCC(C)(CCO)NCc1ccc2c(c1)OCO2. The monoisotopic (exact) mass is 251 g/mol. The summed E-state index contributed by atoms with van der Waals surface area (Å²) in [5.74, 6) is 1.63. The maximum absolute atomic E-state index is 9.08. The number of aliphatic hydroxyl groups is 1. The second-order valence-corrected chi connectivity index (χ2v) is 4.93. The molecule has 0 radical (unpaired) electrons. The highest BCUT2D eigenvalue weighted by molar-refractivity contribution is 5.44. The molecule has 18 heavy (non-hydrogen) atoms. The van der Waals surface area contributed by atoms with Crippen molar-refractivity contribution in [2.75, 3.05) is 13.4 Å². The summed E-state index contributed by atoms with van der Waals surface area (Å²) in [6, 6.07) is 5.98. The Morgan fingerprint density at radius 1 is 1.33 bits per heavy atom. The highest BCUT2D eigenvalue weighted by Crippen LogP contribution is 2.32. The summed E-state index contributed by atoms with van der Waals surface area (Å²) in [4.78, 5) is 0. The molecular weight excluding hydrogens is 230 g/mol. The van der Waals surface area contributed by atoms with Gasteiger partial charge in [0.1, 0.15) is 0 Å². The topological polar surface area (TPSA) is 50.7 Å². The first-order valence-electron chi connectivity index (χ1n) is 6.41. The Bertz CT molecular complexity index is 408. The van der Waals surface area contributed by atoms with Crippen molar-refractivity contribution < 1.29 is 14.6 Å². The minimum atomic E-state index is -0.0227. The van der Waals surface area contributed by atoms with Crippen LogP contribution in [0.2, 0.25) is 0 Å². The molecule has 1 aliphatic heterocycles. The normalized spacial score (nSPS) is 16.6. The third-order valence-corrected chi connectivity index (χ3v) is 3.60. The van der Waals surface area contributed by atoms with E-state index in [2.05, 4.69) is 19.2 Å². The molecule has 0 spiro atoms. The van der Waals surface area contributed by atoms with Crippen LogP contribution in [0.15, 0.2) is 18.2 Å². The predicted molar refractivity (Wildman–Crippen MR) is 69.8 cm³/mol. The van der Waals surface area contributed by atoms with E-state index in [0.717, 1.165) is 36.4 Å². The highest BCUT2D eigenvalue weighted by Gasteiger charge is 2.21. The molecule has 0 bridgehead atoms. The van der Waals surface area contributed by atoms with Crippen LogP contribution in [0.3, 0.4) is 0 Å². The second kappa shape index (κ2) is 5.59. The van der Waals surface area contributed by atoms with Gasteiger partial charge in [-0.3, -0.25) is 0 Å². The van der Waals surface area contributed by atoms with Gasteiger partial charge in [0, 0.05) is 18.7 Å². The summed E-state index contributed by atoms with van der Waals surface area (Å²) in [7, 11) is 0. The van der Waals surface area contributed by atoms with E-state index in [0.29, 0.717) is 6.79 Å². The molecule has 0 amide bonds. The number of hydrogen-bond donors (Lipinski definition) is 2. The zero-order chi connectivity index (χ0) is 13.0. The summed E-state index contributed by atoms with van der Waals surface area (Å²) < 4.78 is 10.6. The number of hydrogen-bond acceptors (Lipinski definition) is 4. The maximum Gasteiger partial charge on any atom is 0.231 e. The Balaban J connectivity index is 1.97. The van der Waals surface area contributed by atoms with Gasteiger partial charge in [0.25, 0.3) is 0 Å². The third kappa shape index (κ3) is 2.94. The fourth-order valence-corrected chi connectivity index (χ4v) is 2.00. The van der Waals surface area contributed by atoms with Crippen LogP contribution >= 0.6 is 0 Å². The van der Waals surface area contributed by atoms with Gasteiger partial charge >= 0.3 is 0 Å². The lowest BCUT2D eigenvalue weighted by atomic mass is 9.94. The molecule has 0 aliphatic carbocycles. The third-order valence-electron chi connectivity index (χ3n) is 3.60. The Labute approximate surface area is 108 Å². The number of ether oxygens (including phenoxy) is 2. The van der Waals surface area contributed by atoms with Crippen molar-refractivity contribution in [3.8, 4) is 11.5 Å². The van der Waals surface area contributed by atoms with Gasteiger partial charge in [-0.2, -0.15) is 0 Å². The van der Waals surface area contributed by atoms with Crippen molar-refractivity contribution >= 4 is 0 Å². The molecule has 100 valence electrons. The smallest absolute Gasteiger partial charge is 0.231 e. The van der Waals surface area contributed by atoms with E-state index in [-0.39, 0.29) is 12.1 Å². The van der Waals surface area contributed by atoms with Crippen LogP contribution < -0.4 is 14.8 Å². The van der Waals surface area contributed by atoms with Crippen LogP contribution in [0.1, 0.15) is 32.3 Å². The molecule has 1 atom stereocenters. The summed E-state index contributed by atoms with van der Waals surface area (Å²) in [6.45, 7) is 5.54. The molecule has 2 N–H and O–H groups in total. The predicted octanol–water partition coefficient (Wildman–Crippen LogP) is 2.06. The van der Waals surface area contributed by atoms with Crippen molar-refractivity contribution in [3.63, 3.8) is 0 Å².